The molecule has 0 unspecified atom stereocenters. The topological polar surface area (TPSA) is 116 Å². The first-order chi connectivity index (χ1) is 20.7. The smallest absolute Gasteiger partial charge is 0.305 e. The molecule has 1 aromatic heterocycles. The van der Waals surface area contributed by atoms with Gasteiger partial charge < -0.3 is 14.6 Å². The average molecular weight is 619 g/mol. The third-order valence-corrected chi connectivity index (χ3v) is 7.93. The predicted molar refractivity (Wildman–Crippen MR) is 169 cm³/mol. The molecule has 242 valence electrons. The van der Waals surface area contributed by atoms with Gasteiger partial charge in [-0.05, 0) is 25.5 Å². The average Bonchev–Trinajstić information content (AvgIpc) is 2.98. The maximum Gasteiger partial charge on any atom is 0.305 e. The number of benzene rings is 1. The van der Waals surface area contributed by atoms with Crippen LogP contribution < -0.4 is 9.88 Å². The van der Waals surface area contributed by atoms with Crippen LogP contribution in [-0.2, 0) is 31.0 Å². The fraction of sp³-hybridized carbons (Fsp3) is 0.618. The maximum absolute atomic E-state index is 11.8. The molecule has 0 fully saturated rings. The van der Waals surface area contributed by atoms with Crippen molar-refractivity contribution in [1.29, 1.82) is 0 Å². The minimum absolute atomic E-state index is 0.0837. The van der Waals surface area contributed by atoms with Gasteiger partial charge in [0.05, 0.1) is 11.4 Å². The Kier molecular flexibility index (Phi) is 21.9. The Morgan fingerprint density at radius 2 is 1.26 bits per heavy atom. The van der Waals surface area contributed by atoms with E-state index in [-0.39, 0.29) is 29.9 Å². The highest BCUT2D eigenvalue weighted by Gasteiger charge is 2.08. The van der Waals surface area contributed by atoms with Crippen LogP contribution in [0, 0.1) is 6.92 Å². The Bertz CT molecular complexity index is 1090. The van der Waals surface area contributed by atoms with Crippen molar-refractivity contribution in [2.45, 2.75) is 128 Å². The third kappa shape index (κ3) is 22.4. The second-order valence-electron chi connectivity index (χ2n) is 11.1. The fourth-order valence-electron chi connectivity index (χ4n) is 4.53. The summed E-state index contributed by atoms with van der Waals surface area (Å²) in [6, 6.07) is 11.5. The van der Waals surface area contributed by atoms with E-state index in [1.165, 1.54) is 95.6 Å². The van der Waals surface area contributed by atoms with Crippen molar-refractivity contribution >= 4 is 22.0 Å². The van der Waals surface area contributed by atoms with E-state index in [1.807, 2.05) is 37.5 Å². The molecule has 0 aliphatic heterocycles. The third-order valence-electron chi connectivity index (χ3n) is 7.08. The fourth-order valence-corrected chi connectivity index (χ4v) is 5.00. The van der Waals surface area contributed by atoms with Gasteiger partial charge >= 0.3 is 5.97 Å². The minimum Gasteiger partial charge on any atom is -0.744 e. The van der Waals surface area contributed by atoms with Crippen molar-refractivity contribution in [1.82, 2.24) is 5.32 Å². The number of hydrogen-bond donors (Lipinski definition) is 1. The van der Waals surface area contributed by atoms with E-state index in [2.05, 4.69) is 12.2 Å². The number of unbranched alkanes of at least 4 members (excludes halogenated alkanes) is 14. The van der Waals surface area contributed by atoms with Crippen LogP contribution >= 0.6 is 0 Å². The summed E-state index contributed by atoms with van der Waals surface area (Å²) >= 11 is 0. The van der Waals surface area contributed by atoms with Crippen LogP contribution in [0.2, 0.25) is 0 Å². The minimum atomic E-state index is -4.27. The molecule has 0 spiro atoms. The van der Waals surface area contributed by atoms with Crippen molar-refractivity contribution in [3.8, 4) is 0 Å². The lowest BCUT2D eigenvalue weighted by Gasteiger charge is -2.06. The summed E-state index contributed by atoms with van der Waals surface area (Å²) in [4.78, 5) is 23.4. The molecular formula is C34H54N2O6S. The molecule has 0 saturated heterocycles. The molecule has 0 radical (unpaired) electrons. The molecule has 1 amide bonds. The van der Waals surface area contributed by atoms with Crippen LogP contribution in [0.1, 0.15) is 115 Å². The zero-order chi connectivity index (χ0) is 31.6. The van der Waals surface area contributed by atoms with Gasteiger partial charge in [0.25, 0.3) is 5.91 Å². The number of hydrogen-bond acceptors (Lipinski definition) is 6. The number of amides is 1. The molecule has 1 N–H and O–H groups in total. The van der Waals surface area contributed by atoms with Crippen LogP contribution in [0.25, 0.3) is 0 Å². The van der Waals surface area contributed by atoms with Crippen LogP contribution in [0.15, 0.2) is 59.8 Å². The summed E-state index contributed by atoms with van der Waals surface area (Å²) in [7, 11) is -4.27. The van der Waals surface area contributed by atoms with Crippen LogP contribution in [0.3, 0.4) is 0 Å². The molecule has 0 aliphatic rings. The van der Waals surface area contributed by atoms with Crippen molar-refractivity contribution in [3.63, 3.8) is 0 Å². The number of carbonyl (C=O) groups excluding carboxylic acids is 2. The van der Waals surface area contributed by atoms with E-state index >= 15 is 0 Å². The first kappa shape index (κ1) is 38.2. The van der Waals surface area contributed by atoms with E-state index in [0.29, 0.717) is 13.0 Å². The van der Waals surface area contributed by atoms with Crippen LogP contribution in [-0.4, -0.2) is 38.0 Å². The van der Waals surface area contributed by atoms with E-state index < -0.39 is 10.1 Å². The lowest BCUT2D eigenvalue weighted by molar-refractivity contribution is -0.684. The van der Waals surface area contributed by atoms with Gasteiger partial charge in [-0.15, -0.1) is 0 Å². The summed E-state index contributed by atoms with van der Waals surface area (Å²) in [5, 5.41) is 2.77. The quantitative estimate of drug-likeness (QED) is 0.0672. The van der Waals surface area contributed by atoms with Crippen molar-refractivity contribution in [3.05, 3.63) is 60.4 Å². The molecule has 8 nitrogen and oxygen atoms in total. The monoisotopic (exact) mass is 618 g/mol. The highest BCUT2D eigenvalue weighted by atomic mass is 32.2. The lowest BCUT2D eigenvalue weighted by atomic mass is 10.0. The van der Waals surface area contributed by atoms with E-state index in [1.54, 1.807) is 16.7 Å². The Morgan fingerprint density at radius 3 is 1.74 bits per heavy atom. The SMILES string of the molecule is CCCCCCCCCCCCCCCCCC(=O)OCCNC(=O)C[n+]1ccccc1.Cc1ccc(S(=O)(=O)[O-])cc1. The Balaban J connectivity index is 0.000000699. The van der Waals surface area contributed by atoms with Gasteiger partial charge in [0.1, 0.15) is 16.7 Å². The highest BCUT2D eigenvalue weighted by Crippen LogP contribution is 2.14. The van der Waals surface area contributed by atoms with Gasteiger partial charge in [-0.3, -0.25) is 9.59 Å². The first-order valence-electron chi connectivity index (χ1n) is 16.1. The number of nitrogens with zero attached hydrogens (tertiary/aromatic N) is 1. The zero-order valence-electron chi connectivity index (χ0n) is 26.4. The van der Waals surface area contributed by atoms with Gasteiger partial charge in [-0.1, -0.05) is 121 Å². The van der Waals surface area contributed by atoms with Gasteiger partial charge in [-0.25, -0.2) is 8.42 Å². The van der Waals surface area contributed by atoms with Crippen LogP contribution in [0.4, 0.5) is 0 Å². The zero-order valence-corrected chi connectivity index (χ0v) is 27.3. The lowest BCUT2D eigenvalue weighted by Crippen LogP contribution is -2.43. The van der Waals surface area contributed by atoms with Crippen LogP contribution in [0.5, 0.6) is 0 Å². The van der Waals surface area contributed by atoms with Gasteiger partial charge in [0.15, 0.2) is 12.4 Å². The van der Waals surface area contributed by atoms with E-state index in [9.17, 15) is 22.6 Å². The second-order valence-corrected chi connectivity index (χ2v) is 12.5. The number of nitrogens with one attached hydrogen (secondary N) is 1. The van der Waals surface area contributed by atoms with Gasteiger partial charge in [-0.2, -0.15) is 4.57 Å². The normalized spacial score (nSPS) is 11.0. The summed E-state index contributed by atoms with van der Waals surface area (Å²) < 4.78 is 38.2. The molecular weight excluding hydrogens is 564 g/mol. The molecule has 1 heterocycles. The van der Waals surface area contributed by atoms with Crippen molar-refractivity contribution in [2.75, 3.05) is 13.2 Å². The molecule has 0 aliphatic carbocycles. The Labute approximate surface area is 260 Å². The summed E-state index contributed by atoms with van der Waals surface area (Å²) in [5.74, 6) is -0.244. The molecule has 43 heavy (non-hydrogen) atoms. The Hall–Kier alpha value is -2.78. The number of rotatable bonds is 22. The van der Waals surface area contributed by atoms with E-state index in [0.717, 1.165) is 18.4 Å². The Morgan fingerprint density at radius 1 is 0.767 bits per heavy atom. The summed E-state index contributed by atoms with van der Waals surface area (Å²) in [6.45, 7) is 4.96. The van der Waals surface area contributed by atoms with Gasteiger partial charge in [0, 0.05) is 18.6 Å². The van der Waals surface area contributed by atoms with E-state index in [4.69, 9.17) is 4.74 Å². The number of carbonyl (C=O) groups is 2. The maximum atomic E-state index is 11.8. The van der Waals surface area contributed by atoms with Gasteiger partial charge in [0.2, 0.25) is 6.54 Å². The van der Waals surface area contributed by atoms with Crippen molar-refractivity contribution < 1.29 is 31.9 Å². The first-order valence-corrected chi connectivity index (χ1v) is 17.5. The molecule has 1 aromatic carbocycles. The largest absolute Gasteiger partial charge is 0.744 e. The predicted octanol–water partition coefficient (Wildman–Crippen LogP) is 6.79. The molecule has 2 aromatic rings. The molecule has 0 bridgehead atoms. The molecule has 9 heteroatoms. The number of aryl methyl sites for hydroxylation is 1. The number of esters is 1. The number of aromatic nitrogens is 1. The highest BCUT2D eigenvalue weighted by molar-refractivity contribution is 7.85. The van der Waals surface area contributed by atoms with Crippen molar-refractivity contribution in [2.24, 2.45) is 0 Å². The summed E-state index contributed by atoms with van der Waals surface area (Å²) in [6.07, 6.45) is 23.9. The number of ether oxygens (including phenoxy) is 1. The molecule has 0 atom stereocenters. The molecule has 2 rings (SSSR count). The summed E-state index contributed by atoms with van der Waals surface area (Å²) in [5.41, 5.74) is 0.928. The standard InChI is InChI=1S/C27H46N2O3.C7H8O3S/c1-2-3-4-5-6-7-8-9-10-11-12-13-14-15-17-20-27(31)32-24-21-28-26(30)25-29-22-18-16-19-23-29;1-6-2-4-7(5-3-6)11(8,9)10/h16,18-19,22-23H,2-15,17,20-21,24-25H2,1H3;2-5H,1H3,(H,8,9,10). The second kappa shape index (κ2) is 24.6. The number of pyridine rings is 1. The molecule has 0 saturated carbocycles.